The Morgan fingerprint density at radius 1 is 1.44 bits per heavy atom. The number of β-amino-alcohol motifs (C(OH)–C–C–N with tert-alkyl or cyclic N) is 1. The molecule has 0 amide bonds. The minimum Gasteiger partial charge on any atom is -0.386 e. The van der Waals surface area contributed by atoms with Crippen LogP contribution < -0.4 is 4.90 Å². The average Bonchev–Trinajstić information content (AvgIpc) is 3.08. The normalized spacial score (nSPS) is 21.6. The first-order valence-corrected chi connectivity index (χ1v) is 5.91. The zero-order valence-corrected chi connectivity index (χ0v) is 9.67. The van der Waals surface area contributed by atoms with Gasteiger partial charge >= 0.3 is 0 Å². The molecule has 0 bridgehead atoms. The molecule has 0 spiro atoms. The number of nitro groups is 1. The lowest BCUT2D eigenvalue weighted by atomic mass is 9.88. The molecule has 1 aliphatic heterocycles. The van der Waals surface area contributed by atoms with E-state index in [0.29, 0.717) is 19.0 Å². The number of anilines is 1. The van der Waals surface area contributed by atoms with Crippen molar-refractivity contribution in [3.8, 4) is 0 Å². The molecular weight excluding hydrogens is 239 g/mol. The molecule has 0 radical (unpaired) electrons. The summed E-state index contributed by atoms with van der Waals surface area (Å²) >= 11 is 0. The minimum absolute atomic E-state index is 0.116. The van der Waals surface area contributed by atoms with Crippen LogP contribution in [0.4, 0.5) is 15.8 Å². The van der Waals surface area contributed by atoms with Gasteiger partial charge in [-0.15, -0.1) is 0 Å². The van der Waals surface area contributed by atoms with E-state index in [1.165, 1.54) is 6.07 Å². The number of nitrogens with zero attached hydrogens (tertiary/aromatic N) is 2. The summed E-state index contributed by atoms with van der Waals surface area (Å²) in [6, 6.07) is 3.40. The van der Waals surface area contributed by atoms with Gasteiger partial charge in [0.05, 0.1) is 4.92 Å². The highest BCUT2D eigenvalue weighted by atomic mass is 19.1. The molecule has 96 valence electrons. The maximum Gasteiger partial charge on any atom is 0.292 e. The fourth-order valence-electron chi connectivity index (χ4n) is 2.57. The van der Waals surface area contributed by atoms with Crippen molar-refractivity contribution < 1.29 is 14.4 Å². The molecule has 5 nitrogen and oxygen atoms in total. The number of hydrogen-bond acceptors (Lipinski definition) is 4. The second-order valence-corrected chi connectivity index (χ2v) is 5.12. The van der Waals surface area contributed by atoms with E-state index in [-0.39, 0.29) is 11.4 Å². The van der Waals surface area contributed by atoms with Crippen LogP contribution in [-0.4, -0.2) is 28.7 Å². The highest BCUT2D eigenvalue weighted by molar-refractivity contribution is 5.65. The minimum atomic E-state index is -0.736. The number of nitro benzene ring substituents is 1. The Hall–Kier alpha value is -1.69. The Labute approximate surface area is 103 Å². The monoisotopic (exact) mass is 252 g/mol. The lowest BCUT2D eigenvalue weighted by molar-refractivity contribution is -0.384. The Morgan fingerprint density at radius 3 is 2.67 bits per heavy atom. The number of hydrogen-bond donors (Lipinski definition) is 1. The standard InChI is InChI=1S/C12H13FN2O3/c13-9-3-4-10(15(17)18)11(5-9)14-6-12(16,7-14)8-1-2-8/h3-5,8,16H,1-2,6-7H2. The average molecular weight is 252 g/mol. The van der Waals surface area contributed by atoms with Crippen LogP contribution in [0.1, 0.15) is 12.8 Å². The number of aliphatic hydroxyl groups is 1. The highest BCUT2D eigenvalue weighted by Gasteiger charge is 2.52. The van der Waals surface area contributed by atoms with Crippen molar-refractivity contribution in [3.05, 3.63) is 34.1 Å². The Kier molecular flexibility index (Phi) is 2.31. The third kappa shape index (κ3) is 1.73. The molecule has 1 aromatic rings. The predicted octanol–water partition coefficient (Wildman–Crippen LogP) is 1.69. The van der Waals surface area contributed by atoms with Crippen LogP contribution in [-0.2, 0) is 0 Å². The van der Waals surface area contributed by atoms with Gasteiger partial charge in [-0.3, -0.25) is 10.1 Å². The van der Waals surface area contributed by atoms with Crippen molar-refractivity contribution in [2.45, 2.75) is 18.4 Å². The van der Waals surface area contributed by atoms with E-state index in [1.807, 2.05) is 0 Å². The molecule has 1 heterocycles. The molecule has 18 heavy (non-hydrogen) atoms. The molecule has 1 saturated heterocycles. The first-order chi connectivity index (χ1) is 8.49. The summed E-state index contributed by atoms with van der Waals surface area (Å²) in [5, 5.41) is 21.1. The lowest BCUT2D eigenvalue weighted by Gasteiger charge is -2.48. The zero-order valence-electron chi connectivity index (χ0n) is 9.67. The van der Waals surface area contributed by atoms with E-state index in [0.717, 1.165) is 25.0 Å². The van der Waals surface area contributed by atoms with Gasteiger partial charge in [-0.25, -0.2) is 4.39 Å². The largest absolute Gasteiger partial charge is 0.386 e. The fourth-order valence-corrected chi connectivity index (χ4v) is 2.57. The summed E-state index contributed by atoms with van der Waals surface area (Å²) in [6.07, 6.45) is 2.02. The van der Waals surface area contributed by atoms with Gasteiger partial charge in [-0.1, -0.05) is 0 Å². The maximum atomic E-state index is 13.2. The van der Waals surface area contributed by atoms with Gasteiger partial charge in [0.2, 0.25) is 0 Å². The van der Waals surface area contributed by atoms with Crippen LogP contribution in [0.3, 0.4) is 0 Å². The van der Waals surface area contributed by atoms with Crippen molar-refractivity contribution in [2.24, 2.45) is 5.92 Å². The molecule has 2 aliphatic rings. The molecule has 1 saturated carbocycles. The Bertz CT molecular complexity index is 510. The van der Waals surface area contributed by atoms with E-state index < -0.39 is 16.3 Å². The quantitative estimate of drug-likeness (QED) is 0.656. The van der Waals surface area contributed by atoms with Crippen molar-refractivity contribution in [2.75, 3.05) is 18.0 Å². The van der Waals surface area contributed by atoms with Crippen molar-refractivity contribution >= 4 is 11.4 Å². The lowest BCUT2D eigenvalue weighted by Crippen LogP contribution is -2.63. The van der Waals surface area contributed by atoms with Gasteiger partial charge in [-0.2, -0.15) is 0 Å². The summed E-state index contributed by atoms with van der Waals surface area (Å²) in [4.78, 5) is 12.0. The van der Waals surface area contributed by atoms with Crippen LogP contribution >= 0.6 is 0 Å². The van der Waals surface area contributed by atoms with Crippen LogP contribution in [0.15, 0.2) is 18.2 Å². The molecule has 0 atom stereocenters. The van der Waals surface area contributed by atoms with Gasteiger partial charge in [0.25, 0.3) is 5.69 Å². The highest BCUT2D eigenvalue weighted by Crippen LogP contribution is 2.47. The molecular formula is C12H13FN2O3. The van der Waals surface area contributed by atoms with Gasteiger partial charge in [0, 0.05) is 25.2 Å². The molecule has 0 aromatic heterocycles. The topological polar surface area (TPSA) is 66.6 Å². The van der Waals surface area contributed by atoms with E-state index in [4.69, 9.17) is 0 Å². The predicted molar refractivity (Wildman–Crippen MR) is 62.9 cm³/mol. The molecule has 1 aliphatic carbocycles. The summed E-state index contributed by atoms with van der Waals surface area (Å²) in [5.41, 5.74) is -0.597. The molecule has 1 N–H and O–H groups in total. The third-order valence-corrected chi connectivity index (χ3v) is 3.74. The number of rotatable bonds is 3. The van der Waals surface area contributed by atoms with Gasteiger partial charge < -0.3 is 10.0 Å². The second-order valence-electron chi connectivity index (χ2n) is 5.12. The molecule has 0 unspecified atom stereocenters. The fraction of sp³-hybridized carbons (Fsp3) is 0.500. The van der Waals surface area contributed by atoms with E-state index in [1.54, 1.807) is 4.90 Å². The summed E-state index contributed by atoms with van der Waals surface area (Å²) in [5.74, 6) is -0.196. The molecule has 3 rings (SSSR count). The zero-order chi connectivity index (χ0) is 12.9. The van der Waals surface area contributed by atoms with Gasteiger partial charge in [0.1, 0.15) is 17.1 Å². The first kappa shape index (κ1) is 11.4. The Morgan fingerprint density at radius 2 is 2.11 bits per heavy atom. The van der Waals surface area contributed by atoms with E-state index in [2.05, 4.69) is 0 Å². The van der Waals surface area contributed by atoms with Gasteiger partial charge in [-0.05, 0) is 24.8 Å². The smallest absolute Gasteiger partial charge is 0.292 e. The number of benzene rings is 1. The van der Waals surface area contributed by atoms with Crippen LogP contribution in [0.2, 0.25) is 0 Å². The molecule has 1 aromatic carbocycles. The SMILES string of the molecule is O=[N+]([O-])c1ccc(F)cc1N1CC(O)(C2CC2)C1. The van der Waals surface area contributed by atoms with Crippen LogP contribution in [0.5, 0.6) is 0 Å². The Balaban J connectivity index is 1.84. The second kappa shape index (κ2) is 3.65. The first-order valence-electron chi connectivity index (χ1n) is 5.91. The van der Waals surface area contributed by atoms with Crippen molar-refractivity contribution in [3.63, 3.8) is 0 Å². The van der Waals surface area contributed by atoms with E-state index in [9.17, 15) is 19.6 Å². The summed E-state index contributed by atoms with van der Waals surface area (Å²) in [7, 11) is 0. The third-order valence-electron chi connectivity index (χ3n) is 3.74. The van der Waals surface area contributed by atoms with Crippen LogP contribution in [0.25, 0.3) is 0 Å². The van der Waals surface area contributed by atoms with Crippen molar-refractivity contribution in [1.82, 2.24) is 0 Å². The van der Waals surface area contributed by atoms with E-state index >= 15 is 0 Å². The molecule has 6 heteroatoms. The van der Waals surface area contributed by atoms with Gasteiger partial charge in [0.15, 0.2) is 0 Å². The summed E-state index contributed by atoms with van der Waals surface area (Å²) in [6.45, 7) is 0.698. The molecule has 2 fully saturated rings. The number of halogens is 1. The van der Waals surface area contributed by atoms with Crippen molar-refractivity contribution in [1.29, 1.82) is 0 Å². The maximum absolute atomic E-state index is 13.2. The summed E-state index contributed by atoms with van der Waals surface area (Å²) < 4.78 is 13.2. The van der Waals surface area contributed by atoms with Crippen LogP contribution in [0, 0.1) is 21.8 Å².